The van der Waals surface area contributed by atoms with Crippen LogP contribution in [0, 0.1) is 5.41 Å². The molecule has 1 aliphatic rings. The minimum atomic E-state index is -3.16. The first-order valence-electron chi connectivity index (χ1n) is 10.8. The number of H-pyrrole nitrogens is 1. The molecular weight excluding hydrogens is 434 g/mol. The van der Waals surface area contributed by atoms with Crippen molar-refractivity contribution in [2.24, 2.45) is 5.41 Å². The number of alkyl halides is 2. The topological polar surface area (TPSA) is 105 Å². The van der Waals surface area contributed by atoms with E-state index in [-0.39, 0.29) is 18.3 Å². The molecule has 0 spiro atoms. The highest BCUT2D eigenvalue weighted by Crippen LogP contribution is 2.49. The molecule has 3 N–H and O–H groups in total. The van der Waals surface area contributed by atoms with Gasteiger partial charge in [0, 0.05) is 19.5 Å². The number of carbonyl (C=O) groups is 2. The van der Waals surface area contributed by atoms with Gasteiger partial charge >= 0.3 is 5.97 Å². The lowest BCUT2D eigenvalue weighted by Gasteiger charge is -2.31. The molecule has 1 aliphatic carbocycles. The van der Waals surface area contributed by atoms with Crippen molar-refractivity contribution in [3.63, 3.8) is 0 Å². The van der Waals surface area contributed by atoms with E-state index in [0.29, 0.717) is 12.0 Å². The Labute approximate surface area is 191 Å². The number of carbonyl (C=O) groups excluding carboxylic acids is 2. The van der Waals surface area contributed by atoms with Crippen LogP contribution in [0.3, 0.4) is 0 Å². The van der Waals surface area contributed by atoms with Crippen molar-refractivity contribution in [2.45, 2.75) is 50.4 Å². The van der Waals surface area contributed by atoms with E-state index in [1.54, 1.807) is 19.1 Å². The molecule has 8 nitrogen and oxygen atoms in total. The Bertz CT molecular complexity index is 963. The van der Waals surface area contributed by atoms with Crippen LogP contribution in [0.25, 0.3) is 0 Å². The molecule has 1 aromatic heterocycles. The van der Waals surface area contributed by atoms with Gasteiger partial charge in [0.15, 0.2) is 6.61 Å². The molecule has 2 aromatic rings. The summed E-state index contributed by atoms with van der Waals surface area (Å²) in [5.74, 6) is -3.69. The van der Waals surface area contributed by atoms with E-state index in [4.69, 9.17) is 9.47 Å². The van der Waals surface area contributed by atoms with Gasteiger partial charge in [-0.05, 0) is 43.7 Å². The van der Waals surface area contributed by atoms with Crippen molar-refractivity contribution in [1.29, 1.82) is 0 Å². The summed E-state index contributed by atoms with van der Waals surface area (Å²) >= 11 is 0. The largest absolute Gasteiger partial charge is 0.472 e. The van der Waals surface area contributed by atoms with E-state index >= 15 is 0 Å². The number of amides is 1. The molecule has 180 valence electrons. The number of hydrogen-bond acceptors (Lipinski definition) is 6. The van der Waals surface area contributed by atoms with E-state index in [1.165, 1.54) is 26.4 Å². The summed E-state index contributed by atoms with van der Waals surface area (Å²) in [6.45, 7) is 0.804. The summed E-state index contributed by atoms with van der Waals surface area (Å²) in [4.78, 5) is 25.1. The molecule has 1 amide bonds. The zero-order chi connectivity index (χ0) is 24.1. The molecule has 10 heteroatoms. The maximum absolute atomic E-state index is 14.6. The lowest BCUT2D eigenvalue weighted by Crippen LogP contribution is -2.48. The quantitative estimate of drug-likeness (QED) is 0.330. The minimum Gasteiger partial charge on any atom is -0.472 e. The molecule has 1 fully saturated rings. The second-order valence-electron chi connectivity index (χ2n) is 8.75. The molecule has 0 radical (unpaired) electrons. The van der Waals surface area contributed by atoms with Crippen LogP contribution in [0.15, 0.2) is 36.5 Å². The van der Waals surface area contributed by atoms with Gasteiger partial charge in [-0.2, -0.15) is 5.10 Å². The van der Waals surface area contributed by atoms with Crippen LogP contribution in [-0.4, -0.2) is 48.8 Å². The van der Waals surface area contributed by atoms with Crippen LogP contribution in [-0.2, 0) is 26.2 Å². The second kappa shape index (κ2) is 9.86. The number of nitrogens with one attached hydrogen (secondary N) is 3. The van der Waals surface area contributed by atoms with E-state index in [1.807, 2.05) is 12.1 Å². The fourth-order valence-electron chi connectivity index (χ4n) is 3.89. The molecule has 1 aromatic carbocycles. The Morgan fingerprint density at radius 3 is 2.61 bits per heavy atom. The molecule has 3 rings (SSSR count). The first-order chi connectivity index (χ1) is 15.6. The Balaban J connectivity index is 1.77. The SMILES string of the molecule is CNNC(=O)C(C)(CCC(F)(F)COc1ccn[nH]1)c1cccc(CC2(C(=O)OC)CC2)c1. The standard InChI is InChI=1S/C23H30F2N4O4/c1-21(19(30)29-26-2,8-11-23(24,25)15-33-18-7-12-27-28-18)17-6-4-5-16(13-17)14-22(9-10-22)20(31)32-3/h4-7,12-13,26H,8-11,14-15H2,1-3H3,(H,27,28)(H,29,30). The molecule has 0 aliphatic heterocycles. The van der Waals surface area contributed by atoms with Crippen LogP contribution < -0.4 is 15.6 Å². The normalized spacial score (nSPS) is 16.5. The lowest BCUT2D eigenvalue weighted by molar-refractivity contribution is -0.147. The molecule has 1 saturated carbocycles. The molecule has 33 heavy (non-hydrogen) atoms. The van der Waals surface area contributed by atoms with Crippen molar-refractivity contribution in [3.8, 4) is 5.88 Å². The number of halogens is 2. The average Bonchev–Trinajstić information content (AvgIpc) is 3.38. The first kappa shape index (κ1) is 24.6. The summed E-state index contributed by atoms with van der Waals surface area (Å²) in [7, 11) is 2.91. The highest BCUT2D eigenvalue weighted by molar-refractivity contribution is 5.87. The number of methoxy groups -OCH3 is 1. The van der Waals surface area contributed by atoms with E-state index in [2.05, 4.69) is 21.0 Å². The van der Waals surface area contributed by atoms with Crippen LogP contribution in [0.1, 0.15) is 43.7 Å². The van der Waals surface area contributed by atoms with Crippen molar-refractivity contribution >= 4 is 11.9 Å². The van der Waals surface area contributed by atoms with Crippen LogP contribution in [0.4, 0.5) is 8.78 Å². The Kier molecular flexibility index (Phi) is 7.36. The molecule has 1 atom stereocenters. The Morgan fingerprint density at radius 2 is 2.00 bits per heavy atom. The number of nitrogens with zero attached hydrogens (tertiary/aromatic N) is 1. The maximum Gasteiger partial charge on any atom is 0.312 e. The minimum absolute atomic E-state index is 0.120. The van der Waals surface area contributed by atoms with Crippen LogP contribution in [0.5, 0.6) is 5.88 Å². The van der Waals surface area contributed by atoms with Crippen LogP contribution >= 0.6 is 0 Å². The maximum atomic E-state index is 14.6. The van der Waals surface area contributed by atoms with Crippen molar-refractivity contribution in [2.75, 3.05) is 20.8 Å². The van der Waals surface area contributed by atoms with Gasteiger partial charge in [0.05, 0.1) is 24.1 Å². The zero-order valence-corrected chi connectivity index (χ0v) is 19.0. The summed E-state index contributed by atoms with van der Waals surface area (Å²) < 4.78 is 39.2. The number of esters is 1. The summed E-state index contributed by atoms with van der Waals surface area (Å²) in [5.41, 5.74) is 4.79. The molecular formula is C23H30F2N4O4. The fourth-order valence-corrected chi connectivity index (χ4v) is 3.89. The molecule has 1 unspecified atom stereocenters. The predicted molar refractivity (Wildman–Crippen MR) is 117 cm³/mol. The zero-order valence-electron chi connectivity index (χ0n) is 19.0. The fraction of sp³-hybridized carbons (Fsp3) is 0.522. The van der Waals surface area contributed by atoms with Gasteiger partial charge < -0.3 is 9.47 Å². The summed E-state index contributed by atoms with van der Waals surface area (Å²) in [6.07, 6.45) is 2.68. The van der Waals surface area contributed by atoms with Crippen LogP contribution in [0.2, 0.25) is 0 Å². The van der Waals surface area contributed by atoms with E-state index < -0.39 is 35.7 Å². The number of aromatic nitrogens is 2. The predicted octanol–water partition coefficient (Wildman–Crippen LogP) is 2.91. The third-order valence-electron chi connectivity index (χ3n) is 6.22. The average molecular weight is 465 g/mol. The van der Waals surface area contributed by atoms with Gasteiger partial charge in [0.2, 0.25) is 11.8 Å². The highest BCUT2D eigenvalue weighted by Gasteiger charge is 2.51. The van der Waals surface area contributed by atoms with E-state index in [0.717, 1.165) is 18.4 Å². The van der Waals surface area contributed by atoms with Crippen molar-refractivity contribution in [1.82, 2.24) is 21.0 Å². The smallest absolute Gasteiger partial charge is 0.312 e. The number of hydrazine groups is 1. The molecule has 1 heterocycles. The van der Waals surface area contributed by atoms with Crippen molar-refractivity contribution in [3.05, 3.63) is 47.7 Å². The van der Waals surface area contributed by atoms with Gasteiger partial charge in [-0.3, -0.25) is 15.0 Å². The number of hydrogen-bond donors (Lipinski definition) is 3. The summed E-state index contributed by atoms with van der Waals surface area (Å²) in [5, 5.41) is 6.14. The Morgan fingerprint density at radius 1 is 1.24 bits per heavy atom. The van der Waals surface area contributed by atoms with Gasteiger partial charge in [-0.15, -0.1) is 0 Å². The third-order valence-corrected chi connectivity index (χ3v) is 6.22. The Hall–Kier alpha value is -3.01. The lowest BCUT2D eigenvalue weighted by atomic mass is 9.76. The van der Waals surface area contributed by atoms with Gasteiger partial charge in [-0.25, -0.2) is 19.3 Å². The van der Waals surface area contributed by atoms with Gasteiger partial charge in [0.25, 0.3) is 5.92 Å². The highest BCUT2D eigenvalue weighted by atomic mass is 19.3. The summed E-state index contributed by atoms with van der Waals surface area (Å²) in [6, 6.07) is 8.67. The van der Waals surface area contributed by atoms with E-state index in [9.17, 15) is 18.4 Å². The molecule has 0 bridgehead atoms. The number of benzene rings is 1. The van der Waals surface area contributed by atoms with Gasteiger partial charge in [0.1, 0.15) is 0 Å². The third kappa shape index (κ3) is 5.87. The second-order valence-corrected chi connectivity index (χ2v) is 8.75. The number of rotatable bonds is 12. The number of ether oxygens (including phenoxy) is 2. The molecule has 0 saturated heterocycles. The van der Waals surface area contributed by atoms with Crippen molar-refractivity contribution < 1.29 is 27.8 Å². The van der Waals surface area contributed by atoms with Gasteiger partial charge in [-0.1, -0.05) is 24.3 Å². The first-order valence-corrected chi connectivity index (χ1v) is 10.8. The monoisotopic (exact) mass is 464 g/mol. The number of aromatic amines is 1.